The van der Waals surface area contributed by atoms with Gasteiger partial charge in [-0.1, -0.05) is 6.08 Å². The number of H-pyrrole nitrogens is 1. The zero-order chi connectivity index (χ0) is 8.27. The zero-order valence-corrected chi connectivity index (χ0v) is 6.59. The highest BCUT2D eigenvalue weighted by Crippen LogP contribution is 2.01. The zero-order valence-electron chi connectivity index (χ0n) is 6.59. The van der Waals surface area contributed by atoms with Crippen LogP contribution in [-0.4, -0.2) is 15.8 Å². The van der Waals surface area contributed by atoms with Gasteiger partial charge in [-0.25, -0.2) is 4.98 Å². The largest absolute Gasteiger partial charge is 0.342 e. The van der Waals surface area contributed by atoms with Crippen LogP contribution in [0.1, 0.15) is 24.5 Å². The van der Waals surface area contributed by atoms with Crippen LogP contribution in [0.3, 0.4) is 0 Å². The number of hydrogen-bond acceptors (Lipinski definition) is 2. The van der Waals surface area contributed by atoms with Gasteiger partial charge in [-0.05, 0) is 19.4 Å². The Bertz CT molecular complexity index is 272. The lowest BCUT2D eigenvalue weighted by Gasteiger charge is -1.93. The Morgan fingerprint density at radius 3 is 2.91 bits per heavy atom. The number of nitrogens with one attached hydrogen (secondary N) is 1. The summed E-state index contributed by atoms with van der Waals surface area (Å²) >= 11 is 0. The molecular weight excluding hydrogens is 140 g/mol. The van der Waals surface area contributed by atoms with Crippen molar-refractivity contribution in [3.63, 3.8) is 0 Å². The van der Waals surface area contributed by atoms with E-state index < -0.39 is 0 Å². The van der Waals surface area contributed by atoms with Crippen LogP contribution in [0.15, 0.2) is 24.0 Å². The van der Waals surface area contributed by atoms with Crippen molar-refractivity contribution in [1.29, 1.82) is 0 Å². The van der Waals surface area contributed by atoms with Crippen LogP contribution in [-0.2, 0) is 0 Å². The van der Waals surface area contributed by atoms with Gasteiger partial charge in [0.1, 0.15) is 0 Å². The van der Waals surface area contributed by atoms with Crippen LogP contribution >= 0.6 is 0 Å². The molecule has 1 rings (SSSR count). The first-order valence-corrected chi connectivity index (χ1v) is 3.42. The van der Waals surface area contributed by atoms with E-state index >= 15 is 0 Å². The second-order valence-electron chi connectivity index (χ2n) is 2.24. The molecule has 0 saturated carbocycles. The van der Waals surface area contributed by atoms with Crippen LogP contribution in [0.5, 0.6) is 0 Å². The number of hydrogen-bond donors (Lipinski definition) is 1. The molecule has 1 N–H and O–H groups in total. The van der Waals surface area contributed by atoms with Gasteiger partial charge < -0.3 is 4.98 Å². The third-order valence-electron chi connectivity index (χ3n) is 1.50. The molecule has 0 atom stereocenters. The van der Waals surface area contributed by atoms with Gasteiger partial charge in [0.15, 0.2) is 5.82 Å². The molecule has 3 nitrogen and oxygen atoms in total. The number of ketones is 1. The Morgan fingerprint density at radius 2 is 2.45 bits per heavy atom. The van der Waals surface area contributed by atoms with Crippen molar-refractivity contribution < 1.29 is 4.79 Å². The number of nitrogens with zero attached hydrogens (tertiary/aromatic N) is 1. The standard InChI is InChI=1S/C8H10N2O/c1-3-6(2)7(11)8-9-4-5-10-8/h3-5H,1-2H3,(H,9,10)/b6-3-. The second kappa shape index (κ2) is 3.14. The van der Waals surface area contributed by atoms with Crippen LogP contribution in [0, 0.1) is 0 Å². The molecule has 1 aromatic heterocycles. The van der Waals surface area contributed by atoms with E-state index in [9.17, 15) is 4.79 Å². The summed E-state index contributed by atoms with van der Waals surface area (Å²) in [5.41, 5.74) is 0.708. The number of imidazole rings is 1. The molecule has 11 heavy (non-hydrogen) atoms. The number of carbonyl (C=O) groups excluding carboxylic acids is 1. The maximum absolute atomic E-state index is 11.3. The molecule has 0 bridgehead atoms. The lowest BCUT2D eigenvalue weighted by atomic mass is 10.2. The number of allylic oxidation sites excluding steroid dienone is 2. The molecular formula is C8H10N2O. The van der Waals surface area contributed by atoms with Crippen molar-refractivity contribution in [1.82, 2.24) is 9.97 Å². The molecule has 0 radical (unpaired) electrons. The maximum atomic E-state index is 11.3. The van der Waals surface area contributed by atoms with Gasteiger partial charge in [-0.15, -0.1) is 0 Å². The van der Waals surface area contributed by atoms with E-state index in [0.29, 0.717) is 11.4 Å². The summed E-state index contributed by atoms with van der Waals surface area (Å²) in [5.74, 6) is 0.359. The highest BCUT2D eigenvalue weighted by molar-refractivity contribution is 6.05. The fraction of sp³-hybridized carbons (Fsp3) is 0.250. The minimum Gasteiger partial charge on any atom is -0.342 e. The van der Waals surface area contributed by atoms with Crippen molar-refractivity contribution >= 4 is 5.78 Å². The number of aromatic nitrogens is 2. The Hall–Kier alpha value is -1.38. The van der Waals surface area contributed by atoms with Gasteiger partial charge in [-0.3, -0.25) is 4.79 Å². The molecule has 0 aliphatic rings. The van der Waals surface area contributed by atoms with Crippen LogP contribution < -0.4 is 0 Å². The normalized spacial score (nSPS) is 11.6. The molecule has 0 unspecified atom stereocenters. The van der Waals surface area contributed by atoms with Gasteiger partial charge in [-0.2, -0.15) is 0 Å². The number of rotatable bonds is 2. The van der Waals surface area contributed by atoms with E-state index in [2.05, 4.69) is 9.97 Å². The summed E-state index contributed by atoms with van der Waals surface area (Å²) in [7, 11) is 0. The Labute approximate surface area is 65.2 Å². The number of Topliss-reactive ketones (excluding diaryl/α,β-unsaturated/α-hetero) is 1. The van der Waals surface area contributed by atoms with Gasteiger partial charge in [0.2, 0.25) is 5.78 Å². The van der Waals surface area contributed by atoms with Crippen molar-refractivity contribution in [3.05, 3.63) is 29.9 Å². The molecule has 1 heterocycles. The lowest BCUT2D eigenvalue weighted by Crippen LogP contribution is -2.02. The van der Waals surface area contributed by atoms with Gasteiger partial charge in [0.05, 0.1) is 0 Å². The van der Waals surface area contributed by atoms with E-state index in [-0.39, 0.29) is 5.78 Å². The smallest absolute Gasteiger partial charge is 0.223 e. The molecule has 0 saturated heterocycles. The SMILES string of the molecule is C/C=C(/C)C(=O)c1ncc[nH]1. The van der Waals surface area contributed by atoms with E-state index in [1.54, 1.807) is 25.4 Å². The molecule has 1 aromatic rings. The minimum absolute atomic E-state index is 0.0440. The van der Waals surface area contributed by atoms with Crippen LogP contribution in [0.2, 0.25) is 0 Å². The predicted molar refractivity (Wildman–Crippen MR) is 42.3 cm³/mol. The van der Waals surface area contributed by atoms with E-state index in [1.807, 2.05) is 6.92 Å². The monoisotopic (exact) mass is 150 g/mol. The predicted octanol–water partition coefficient (Wildman–Crippen LogP) is 1.56. The van der Waals surface area contributed by atoms with Gasteiger partial charge >= 0.3 is 0 Å². The molecule has 0 aromatic carbocycles. The summed E-state index contributed by atoms with van der Waals surface area (Å²) in [6, 6.07) is 0. The summed E-state index contributed by atoms with van der Waals surface area (Å²) < 4.78 is 0. The second-order valence-corrected chi connectivity index (χ2v) is 2.24. The number of carbonyl (C=O) groups is 1. The van der Waals surface area contributed by atoms with E-state index in [1.165, 1.54) is 0 Å². The topological polar surface area (TPSA) is 45.8 Å². The van der Waals surface area contributed by atoms with Crippen molar-refractivity contribution in [2.75, 3.05) is 0 Å². The van der Waals surface area contributed by atoms with E-state index in [0.717, 1.165) is 0 Å². The summed E-state index contributed by atoms with van der Waals surface area (Å²) in [4.78, 5) is 17.9. The third kappa shape index (κ3) is 1.55. The highest BCUT2D eigenvalue weighted by atomic mass is 16.1. The molecule has 0 amide bonds. The average molecular weight is 150 g/mol. The van der Waals surface area contributed by atoms with Gasteiger partial charge in [0.25, 0.3) is 0 Å². The number of aromatic amines is 1. The highest BCUT2D eigenvalue weighted by Gasteiger charge is 2.07. The van der Waals surface area contributed by atoms with Crippen LogP contribution in [0.25, 0.3) is 0 Å². The molecule has 0 spiro atoms. The summed E-state index contributed by atoms with van der Waals surface area (Å²) in [6.07, 6.45) is 4.97. The van der Waals surface area contributed by atoms with Crippen molar-refractivity contribution in [2.45, 2.75) is 13.8 Å². The average Bonchev–Trinajstić information content (AvgIpc) is 2.53. The molecule has 58 valence electrons. The van der Waals surface area contributed by atoms with E-state index in [4.69, 9.17) is 0 Å². The fourth-order valence-electron chi connectivity index (χ4n) is 0.707. The first-order valence-electron chi connectivity index (χ1n) is 3.42. The fourth-order valence-corrected chi connectivity index (χ4v) is 0.707. The molecule has 3 heteroatoms. The minimum atomic E-state index is -0.0440. The first-order chi connectivity index (χ1) is 5.25. The lowest BCUT2D eigenvalue weighted by molar-refractivity contribution is 0.102. The Kier molecular flexibility index (Phi) is 2.21. The maximum Gasteiger partial charge on any atom is 0.223 e. The van der Waals surface area contributed by atoms with Crippen molar-refractivity contribution in [2.24, 2.45) is 0 Å². The first kappa shape index (κ1) is 7.72. The van der Waals surface area contributed by atoms with Crippen LogP contribution in [0.4, 0.5) is 0 Å². The van der Waals surface area contributed by atoms with Gasteiger partial charge in [0, 0.05) is 12.4 Å². The quantitative estimate of drug-likeness (QED) is 0.513. The van der Waals surface area contributed by atoms with Crippen molar-refractivity contribution in [3.8, 4) is 0 Å². The summed E-state index contributed by atoms with van der Waals surface area (Å²) in [5, 5.41) is 0. The molecule has 0 aliphatic carbocycles. The molecule has 0 aliphatic heterocycles. The third-order valence-corrected chi connectivity index (χ3v) is 1.50. The molecule has 0 fully saturated rings. The Morgan fingerprint density at radius 1 is 1.73 bits per heavy atom. The summed E-state index contributed by atoms with van der Waals surface area (Å²) in [6.45, 7) is 3.60. The Balaban J connectivity index is 2.87.